The first kappa shape index (κ1) is 14.9. The molecule has 0 aliphatic heterocycles. The van der Waals surface area contributed by atoms with Crippen LogP contribution in [0.1, 0.15) is 19.7 Å². The molecule has 8 nitrogen and oxygen atoms in total. The van der Waals surface area contributed by atoms with Crippen LogP contribution < -0.4 is 10.6 Å². The number of hydrogen-bond acceptors (Lipinski definition) is 4. The lowest BCUT2D eigenvalue weighted by molar-refractivity contribution is -0.140. The van der Waals surface area contributed by atoms with E-state index in [1.54, 1.807) is 24.7 Å². The van der Waals surface area contributed by atoms with E-state index < -0.39 is 18.0 Å². The minimum atomic E-state index is -1.04. The van der Waals surface area contributed by atoms with Gasteiger partial charge in [0.2, 0.25) is 0 Å². The van der Waals surface area contributed by atoms with Crippen LogP contribution in [0, 0.1) is 5.92 Å². The first-order valence-corrected chi connectivity index (χ1v) is 6.02. The number of aliphatic carboxylic acids is 1. The number of carboxylic acid groups (broad SMARTS) is 1. The van der Waals surface area contributed by atoms with Crippen LogP contribution in [0.3, 0.4) is 0 Å². The molecule has 1 aromatic rings. The number of carboxylic acids is 1. The highest BCUT2D eigenvalue weighted by molar-refractivity contribution is 5.82. The summed E-state index contributed by atoms with van der Waals surface area (Å²) in [5.41, 5.74) is 0. The number of nitrogens with one attached hydrogen (secondary N) is 2. The van der Waals surface area contributed by atoms with Crippen molar-refractivity contribution in [3.05, 3.63) is 12.2 Å². The van der Waals surface area contributed by atoms with Gasteiger partial charge >= 0.3 is 12.0 Å². The maximum Gasteiger partial charge on any atom is 0.326 e. The summed E-state index contributed by atoms with van der Waals surface area (Å²) in [6.07, 6.45) is 2.11. The van der Waals surface area contributed by atoms with Crippen molar-refractivity contribution in [2.24, 2.45) is 13.0 Å². The van der Waals surface area contributed by atoms with Crippen molar-refractivity contribution in [3.8, 4) is 0 Å². The Balaban J connectivity index is 2.35. The third-order valence-corrected chi connectivity index (χ3v) is 2.66. The van der Waals surface area contributed by atoms with Gasteiger partial charge in [-0.05, 0) is 5.92 Å². The molecule has 0 saturated carbocycles. The van der Waals surface area contributed by atoms with E-state index >= 15 is 0 Å². The Hall–Kier alpha value is -2.12. The summed E-state index contributed by atoms with van der Waals surface area (Å²) in [5.74, 6) is -0.473. The highest BCUT2D eigenvalue weighted by Crippen LogP contribution is 2.01. The Morgan fingerprint density at radius 1 is 1.47 bits per heavy atom. The Labute approximate surface area is 111 Å². The third kappa shape index (κ3) is 4.57. The maximum absolute atomic E-state index is 11.5. The zero-order valence-corrected chi connectivity index (χ0v) is 11.3. The average Bonchev–Trinajstić information content (AvgIpc) is 2.71. The lowest BCUT2D eigenvalue weighted by atomic mass is 10.1. The molecule has 1 rings (SSSR count). The molecule has 0 fully saturated rings. The molecule has 106 valence electrons. The van der Waals surface area contributed by atoms with E-state index in [9.17, 15) is 9.59 Å². The monoisotopic (exact) mass is 269 g/mol. The number of aromatic nitrogens is 3. The Kier molecular flexibility index (Phi) is 5.28. The molecule has 2 amide bonds. The largest absolute Gasteiger partial charge is 0.480 e. The quantitative estimate of drug-likeness (QED) is 0.660. The first-order chi connectivity index (χ1) is 8.91. The molecule has 1 atom stereocenters. The van der Waals surface area contributed by atoms with E-state index in [2.05, 4.69) is 20.8 Å². The van der Waals surface area contributed by atoms with E-state index in [4.69, 9.17) is 5.11 Å². The highest BCUT2D eigenvalue weighted by Gasteiger charge is 2.23. The zero-order chi connectivity index (χ0) is 14.4. The van der Waals surface area contributed by atoms with Crippen molar-refractivity contribution >= 4 is 12.0 Å². The van der Waals surface area contributed by atoms with Crippen molar-refractivity contribution < 1.29 is 14.7 Å². The van der Waals surface area contributed by atoms with Gasteiger partial charge in [0.15, 0.2) is 0 Å². The fraction of sp³-hybridized carbons (Fsp3) is 0.636. The lowest BCUT2D eigenvalue weighted by Crippen LogP contribution is -2.49. The van der Waals surface area contributed by atoms with E-state index in [1.807, 2.05) is 7.05 Å². The second-order valence-corrected chi connectivity index (χ2v) is 4.57. The van der Waals surface area contributed by atoms with Crippen molar-refractivity contribution in [2.75, 3.05) is 6.54 Å². The van der Waals surface area contributed by atoms with Crippen LogP contribution in [0.15, 0.2) is 6.33 Å². The number of carbonyl (C=O) groups excluding carboxylic acids is 1. The highest BCUT2D eigenvalue weighted by atomic mass is 16.4. The summed E-state index contributed by atoms with van der Waals surface area (Å²) in [6.45, 7) is 3.83. The van der Waals surface area contributed by atoms with Gasteiger partial charge in [-0.15, -0.1) is 10.2 Å². The Morgan fingerprint density at radius 3 is 2.63 bits per heavy atom. The third-order valence-electron chi connectivity index (χ3n) is 2.66. The molecule has 19 heavy (non-hydrogen) atoms. The van der Waals surface area contributed by atoms with Crippen molar-refractivity contribution in [3.63, 3.8) is 0 Å². The predicted octanol–water partition coefficient (Wildman–Crippen LogP) is -0.234. The van der Waals surface area contributed by atoms with Crippen molar-refractivity contribution in [2.45, 2.75) is 26.3 Å². The van der Waals surface area contributed by atoms with Gasteiger partial charge in [0.25, 0.3) is 0 Å². The van der Waals surface area contributed by atoms with Gasteiger partial charge in [-0.3, -0.25) is 0 Å². The Bertz CT molecular complexity index is 443. The van der Waals surface area contributed by atoms with E-state index in [0.29, 0.717) is 13.0 Å². The van der Waals surface area contributed by atoms with Crippen LogP contribution in [0.5, 0.6) is 0 Å². The predicted molar refractivity (Wildman–Crippen MR) is 67.5 cm³/mol. The van der Waals surface area contributed by atoms with Crippen LogP contribution in [-0.2, 0) is 18.3 Å². The van der Waals surface area contributed by atoms with Crippen LogP contribution in [-0.4, -0.2) is 44.5 Å². The molecule has 1 heterocycles. The molecule has 0 aromatic carbocycles. The molecular formula is C11H19N5O3. The molecule has 3 N–H and O–H groups in total. The van der Waals surface area contributed by atoms with Crippen LogP contribution in [0.2, 0.25) is 0 Å². The van der Waals surface area contributed by atoms with Crippen molar-refractivity contribution in [1.29, 1.82) is 0 Å². The fourth-order valence-electron chi connectivity index (χ4n) is 1.53. The van der Waals surface area contributed by atoms with Crippen LogP contribution >= 0.6 is 0 Å². The van der Waals surface area contributed by atoms with Gasteiger partial charge in [-0.25, -0.2) is 9.59 Å². The van der Waals surface area contributed by atoms with Crippen molar-refractivity contribution in [1.82, 2.24) is 25.4 Å². The Morgan fingerprint density at radius 2 is 2.16 bits per heavy atom. The second-order valence-electron chi connectivity index (χ2n) is 4.57. The van der Waals surface area contributed by atoms with Crippen LogP contribution in [0.4, 0.5) is 4.79 Å². The number of urea groups is 1. The summed E-state index contributed by atoms with van der Waals surface area (Å²) in [5, 5.41) is 21.6. The van der Waals surface area contributed by atoms with Gasteiger partial charge < -0.3 is 20.3 Å². The van der Waals surface area contributed by atoms with E-state index in [0.717, 1.165) is 5.82 Å². The molecule has 0 radical (unpaired) electrons. The topological polar surface area (TPSA) is 109 Å². The number of amides is 2. The molecule has 0 aliphatic rings. The molecule has 8 heteroatoms. The molecule has 1 aromatic heterocycles. The molecular weight excluding hydrogens is 250 g/mol. The fourth-order valence-corrected chi connectivity index (χ4v) is 1.53. The van der Waals surface area contributed by atoms with E-state index in [-0.39, 0.29) is 5.92 Å². The van der Waals surface area contributed by atoms with Gasteiger partial charge in [0, 0.05) is 20.0 Å². The van der Waals surface area contributed by atoms with Gasteiger partial charge in [-0.2, -0.15) is 0 Å². The minimum Gasteiger partial charge on any atom is -0.480 e. The maximum atomic E-state index is 11.5. The standard InChI is InChI=1S/C11H19N5O3/c1-7(2)9(10(17)18)14-11(19)12-5-4-8-15-13-6-16(8)3/h6-7,9H,4-5H2,1-3H3,(H,17,18)(H2,12,14,19)/t9-/m0/s1. The molecule has 0 spiro atoms. The summed E-state index contributed by atoms with van der Waals surface area (Å²) in [6, 6.07) is -1.39. The van der Waals surface area contributed by atoms with Crippen LogP contribution in [0.25, 0.3) is 0 Å². The first-order valence-electron chi connectivity index (χ1n) is 6.02. The number of hydrogen-bond donors (Lipinski definition) is 3. The number of aryl methyl sites for hydroxylation is 1. The summed E-state index contributed by atoms with van der Waals surface area (Å²) in [4.78, 5) is 22.5. The lowest BCUT2D eigenvalue weighted by Gasteiger charge is -2.18. The zero-order valence-electron chi connectivity index (χ0n) is 11.3. The van der Waals surface area contributed by atoms with Gasteiger partial charge in [0.05, 0.1) is 0 Å². The molecule has 0 bridgehead atoms. The smallest absolute Gasteiger partial charge is 0.326 e. The van der Waals surface area contributed by atoms with E-state index in [1.165, 1.54) is 0 Å². The molecule has 0 aliphatic carbocycles. The summed E-state index contributed by atoms with van der Waals surface area (Å²) >= 11 is 0. The average molecular weight is 269 g/mol. The second kappa shape index (κ2) is 6.72. The normalized spacial score (nSPS) is 12.2. The SMILES string of the molecule is CC(C)[C@H](NC(=O)NCCc1nncn1C)C(=O)O. The van der Waals surface area contributed by atoms with Gasteiger partial charge in [0.1, 0.15) is 18.2 Å². The number of nitrogens with zero attached hydrogens (tertiary/aromatic N) is 3. The summed E-state index contributed by atoms with van der Waals surface area (Å²) in [7, 11) is 1.81. The number of rotatable bonds is 6. The number of carbonyl (C=O) groups is 2. The molecule has 0 unspecified atom stereocenters. The minimum absolute atomic E-state index is 0.179. The van der Waals surface area contributed by atoms with Gasteiger partial charge in [-0.1, -0.05) is 13.8 Å². The summed E-state index contributed by atoms with van der Waals surface area (Å²) < 4.78 is 1.76. The molecule has 0 saturated heterocycles.